The molecular weight excluding hydrogens is 899 g/mol. The largest absolute Gasteiger partial charge is 0.411 e. The van der Waals surface area contributed by atoms with Crippen molar-refractivity contribution in [2.75, 3.05) is 32.7 Å². The van der Waals surface area contributed by atoms with E-state index in [0.717, 1.165) is 159 Å². The van der Waals surface area contributed by atoms with Crippen LogP contribution < -0.4 is 16.0 Å². The molecule has 14 nitrogen and oxygen atoms in total. The monoisotopic (exact) mass is 957 g/mol. The van der Waals surface area contributed by atoms with Gasteiger partial charge >= 0.3 is 0 Å². The maximum atomic E-state index is 12.0. The third-order valence-electron chi connectivity index (χ3n) is 15.2. The molecule has 0 saturated carbocycles. The van der Waals surface area contributed by atoms with Crippen LogP contribution in [0.2, 0.25) is 0 Å². The van der Waals surface area contributed by atoms with Crippen LogP contribution in [0.4, 0.5) is 0 Å². The van der Waals surface area contributed by atoms with Crippen molar-refractivity contribution in [3.63, 3.8) is 0 Å². The average Bonchev–Trinajstić information content (AvgIpc) is 4.23. The minimum Gasteiger partial charge on any atom is -0.411 e. The Labute approximate surface area is 418 Å². The third-order valence-corrected chi connectivity index (χ3v) is 15.2. The molecule has 7 heterocycles. The predicted octanol–water partition coefficient (Wildman–Crippen LogP) is 10.4. The van der Waals surface area contributed by atoms with Gasteiger partial charge < -0.3 is 36.1 Å². The highest BCUT2D eigenvalue weighted by molar-refractivity contribution is 5.80. The number of hydrogen-bond donors (Lipinski definition) is 6. The second-order valence-corrected chi connectivity index (χ2v) is 19.7. The maximum absolute atomic E-state index is 12.0. The van der Waals surface area contributed by atoms with Crippen LogP contribution in [0.25, 0.3) is 67.7 Å². The van der Waals surface area contributed by atoms with Crippen molar-refractivity contribution in [3.05, 3.63) is 180 Å². The van der Waals surface area contributed by atoms with Crippen LogP contribution in [0, 0.1) is 0 Å². The normalized spacial score (nSPS) is 17.9. The lowest BCUT2D eigenvalue weighted by Gasteiger charge is -2.31. The summed E-state index contributed by atoms with van der Waals surface area (Å²) in [5.41, 5.74) is 14.7. The molecule has 3 aliphatic heterocycles. The molecule has 2 unspecified atom stereocenters. The maximum Gasteiger partial charge on any atom is 0.141 e. The molecule has 3 saturated heterocycles. The molecule has 0 bridgehead atoms. The van der Waals surface area contributed by atoms with Gasteiger partial charge in [0.15, 0.2) is 0 Å². The zero-order valence-corrected chi connectivity index (χ0v) is 40.1. The molecule has 9 aromatic rings. The smallest absolute Gasteiger partial charge is 0.141 e. The van der Waals surface area contributed by atoms with Gasteiger partial charge in [-0.2, -0.15) is 0 Å². The van der Waals surface area contributed by atoms with Gasteiger partial charge in [-0.1, -0.05) is 120 Å². The van der Waals surface area contributed by atoms with Gasteiger partial charge in [-0.05, 0) is 129 Å². The van der Waals surface area contributed by atoms with Crippen molar-refractivity contribution in [2.45, 2.75) is 68.9 Å². The van der Waals surface area contributed by atoms with Gasteiger partial charge in [0, 0.05) is 57.7 Å². The Morgan fingerprint density at radius 3 is 1.85 bits per heavy atom. The molecule has 0 radical (unpaired) electrons. The van der Waals surface area contributed by atoms with Crippen LogP contribution in [0.5, 0.6) is 0 Å². The van der Waals surface area contributed by atoms with Gasteiger partial charge in [0.05, 0.1) is 12.4 Å². The first kappa shape index (κ1) is 45.4. The lowest BCUT2D eigenvalue weighted by Crippen LogP contribution is -2.31. The molecule has 5 aromatic carbocycles. The fourth-order valence-corrected chi connectivity index (χ4v) is 11.7. The fraction of sp³-hybridized carbons (Fsp3) is 0.276. The number of aromatic nitrogens is 8. The molecule has 3 aliphatic rings. The molecule has 364 valence electrons. The Morgan fingerprint density at radius 1 is 0.514 bits per heavy atom. The van der Waals surface area contributed by atoms with Crippen molar-refractivity contribution >= 4 is 0 Å². The van der Waals surface area contributed by atoms with Crippen molar-refractivity contribution in [2.24, 2.45) is 0 Å². The number of nitrogens with zero attached hydrogens (tertiary/aromatic N) is 8. The molecule has 14 heteroatoms. The molecule has 4 aromatic heterocycles. The summed E-state index contributed by atoms with van der Waals surface area (Å²) < 4.78 is 2.16. The van der Waals surface area contributed by atoms with Crippen molar-refractivity contribution in [1.29, 1.82) is 0 Å². The summed E-state index contributed by atoms with van der Waals surface area (Å²) in [6.07, 6.45) is 11.2. The van der Waals surface area contributed by atoms with Crippen molar-refractivity contribution in [3.8, 4) is 67.7 Å². The quantitative estimate of drug-likeness (QED) is 0.0649. The highest BCUT2D eigenvalue weighted by Gasteiger charge is 2.32. The second-order valence-electron chi connectivity index (χ2n) is 19.7. The van der Waals surface area contributed by atoms with E-state index < -0.39 is 0 Å². The van der Waals surface area contributed by atoms with Crippen LogP contribution in [-0.4, -0.2) is 87.7 Å². The van der Waals surface area contributed by atoms with Gasteiger partial charge in [-0.25, -0.2) is 4.98 Å². The number of nitrogens with one attached hydrogen (secondary N) is 3. The molecule has 0 spiro atoms. The summed E-state index contributed by atoms with van der Waals surface area (Å²) in [7, 11) is 0. The number of benzene rings is 5. The Kier molecular flexibility index (Phi) is 12.5. The highest BCUT2D eigenvalue weighted by atomic mass is 16.5. The first-order valence-corrected chi connectivity index (χ1v) is 25.4. The summed E-state index contributed by atoms with van der Waals surface area (Å²) in [4.78, 5) is 8.39. The molecular formula is C58H59N11O3. The van der Waals surface area contributed by atoms with Crippen LogP contribution in [-0.2, 0) is 6.54 Å². The van der Waals surface area contributed by atoms with Gasteiger partial charge in [0.2, 0.25) is 0 Å². The fourth-order valence-electron chi connectivity index (χ4n) is 11.7. The Morgan fingerprint density at radius 2 is 1.10 bits per heavy atom. The summed E-state index contributed by atoms with van der Waals surface area (Å²) >= 11 is 0. The summed E-state index contributed by atoms with van der Waals surface area (Å²) in [5.74, 6) is 1.40. The minimum atomic E-state index is 0.110. The lowest BCUT2D eigenvalue weighted by atomic mass is 9.83. The molecule has 0 amide bonds. The molecule has 3 fully saturated rings. The first-order chi connectivity index (χ1) is 35.4. The van der Waals surface area contributed by atoms with E-state index in [1.807, 2.05) is 67.0 Å². The average molecular weight is 958 g/mol. The topological polar surface area (TPSA) is 168 Å². The van der Waals surface area contributed by atoms with Gasteiger partial charge in [0.1, 0.15) is 34.3 Å². The number of rotatable bonds is 12. The summed E-state index contributed by atoms with van der Waals surface area (Å²) in [6.45, 7) is 5.01. The highest BCUT2D eigenvalue weighted by Crippen LogP contribution is 2.44. The van der Waals surface area contributed by atoms with Crippen LogP contribution in [0.15, 0.2) is 152 Å². The molecule has 12 rings (SSSR count). The first-order valence-electron chi connectivity index (χ1n) is 25.4. The Balaban J connectivity index is 0.885. The summed E-state index contributed by atoms with van der Waals surface area (Å²) in [5, 5.41) is 58.3. The van der Waals surface area contributed by atoms with E-state index in [1.54, 1.807) is 6.20 Å². The second kappa shape index (κ2) is 19.8. The Hall–Kier alpha value is -7.78. The number of hydrogen-bond acceptors (Lipinski definition) is 10. The molecule has 0 aliphatic carbocycles. The molecule has 72 heavy (non-hydrogen) atoms. The van der Waals surface area contributed by atoms with E-state index in [2.05, 4.69) is 110 Å². The zero-order valence-electron chi connectivity index (χ0n) is 40.1. The number of imidazole rings is 1. The van der Waals surface area contributed by atoms with E-state index in [4.69, 9.17) is 10.1 Å². The van der Waals surface area contributed by atoms with E-state index in [0.29, 0.717) is 23.6 Å². The predicted molar refractivity (Wildman–Crippen MR) is 278 cm³/mol. The standard InChI is InChI=1S/C58H59N11O3/c70-67-55(41-12-5-2-6-13-41)50(35-62-67)44-24-29-61-51(33-44)45-16-7-14-42(30-45)43-15-8-18-47(31-43)56-53(40-22-27-60-28-23-40)54(65-69(56)72)46-17-9-19-48(32-46)58-64-52(37-66(58)36-38-10-3-1-4-11-38)57-49(34-63-68(57)71)39-20-25-59-26-21-39/h1-19,30-32,34-35,37,39-40,44,51,59-61,70-72H,20-29,33,36H2. The third kappa shape index (κ3) is 8.86. The van der Waals surface area contributed by atoms with E-state index in [-0.39, 0.29) is 23.8 Å². The van der Waals surface area contributed by atoms with E-state index in [9.17, 15) is 15.6 Å². The van der Waals surface area contributed by atoms with Crippen LogP contribution in [0.3, 0.4) is 0 Å². The van der Waals surface area contributed by atoms with Crippen LogP contribution >= 0.6 is 0 Å². The van der Waals surface area contributed by atoms with E-state index >= 15 is 0 Å². The van der Waals surface area contributed by atoms with Crippen LogP contribution in [0.1, 0.15) is 90.1 Å². The summed E-state index contributed by atoms with van der Waals surface area (Å²) in [6, 6.07) is 46.0. The van der Waals surface area contributed by atoms with Gasteiger partial charge in [-0.15, -0.1) is 25.0 Å². The van der Waals surface area contributed by atoms with Crippen molar-refractivity contribution in [1.82, 2.24) is 55.3 Å². The lowest BCUT2D eigenvalue weighted by molar-refractivity contribution is 0.153. The molecule has 6 N–H and O–H groups in total. The van der Waals surface area contributed by atoms with E-state index in [1.165, 1.54) is 5.56 Å². The van der Waals surface area contributed by atoms with Gasteiger partial charge in [-0.3, -0.25) is 0 Å². The van der Waals surface area contributed by atoms with Crippen molar-refractivity contribution < 1.29 is 15.6 Å². The number of piperidine rings is 3. The molecule has 2 atom stereocenters. The SMILES string of the molecule is On1ncc(C2CCNC(c3cccc(-c4cccc(-c5c(C6CCNCC6)c(-c6cccc(-c7nc(-c8c(C9CCNCC9)cnn8O)cn7Cc7ccccc7)c6)nn5O)c4)c3)C2)c1-c1ccccc1. The van der Waals surface area contributed by atoms with Gasteiger partial charge in [0.25, 0.3) is 0 Å². The minimum absolute atomic E-state index is 0.110. The zero-order chi connectivity index (χ0) is 48.5. The Bertz CT molecular complexity index is 3330.